The van der Waals surface area contributed by atoms with Crippen molar-refractivity contribution in [2.45, 2.75) is 6.42 Å². The molecule has 3 amide bonds. The summed E-state index contributed by atoms with van der Waals surface area (Å²) in [6, 6.07) is 11.3. The lowest BCUT2D eigenvalue weighted by molar-refractivity contribution is -0.147. The van der Waals surface area contributed by atoms with E-state index < -0.39 is 30.3 Å². The Kier molecular flexibility index (Phi) is 6.11. The number of hydrogen-bond acceptors (Lipinski definition) is 5. The molecule has 0 bridgehead atoms. The van der Waals surface area contributed by atoms with Gasteiger partial charge in [0.15, 0.2) is 6.61 Å². The van der Waals surface area contributed by atoms with Crippen molar-refractivity contribution in [3.63, 3.8) is 0 Å². The number of amides is 3. The minimum absolute atomic E-state index is 0.116. The summed E-state index contributed by atoms with van der Waals surface area (Å²) in [5, 5.41) is 2.98. The summed E-state index contributed by atoms with van der Waals surface area (Å²) in [5.41, 5.74) is 1.09. The molecule has 1 N–H and O–H groups in total. The van der Waals surface area contributed by atoms with Gasteiger partial charge in [-0.15, -0.1) is 0 Å². The van der Waals surface area contributed by atoms with Crippen LogP contribution in [0.3, 0.4) is 0 Å². The standard InChI is InChI=1S/C19H14BrClN2O5/c20-14-6-5-11(9-15(14)21)22-16(24)10-28-17(25)7-8-23-18(26)12-3-1-2-4-13(12)19(23)27/h1-6,9H,7-8,10H2,(H,22,24). The molecule has 1 aliphatic heterocycles. The first-order chi connectivity index (χ1) is 13.4. The molecule has 0 atom stereocenters. The Bertz CT molecular complexity index is 944. The molecule has 9 heteroatoms. The minimum atomic E-state index is -0.694. The van der Waals surface area contributed by atoms with Crippen molar-refractivity contribution in [2.24, 2.45) is 0 Å². The van der Waals surface area contributed by atoms with Crippen LogP contribution in [0.2, 0.25) is 5.02 Å². The van der Waals surface area contributed by atoms with Gasteiger partial charge in [-0.05, 0) is 46.3 Å². The van der Waals surface area contributed by atoms with Crippen LogP contribution in [0.15, 0.2) is 46.9 Å². The van der Waals surface area contributed by atoms with Gasteiger partial charge in [0, 0.05) is 16.7 Å². The molecule has 0 unspecified atom stereocenters. The Hall–Kier alpha value is -2.71. The topological polar surface area (TPSA) is 92.8 Å². The van der Waals surface area contributed by atoms with Gasteiger partial charge >= 0.3 is 5.97 Å². The molecule has 1 aliphatic rings. The second-order valence-corrected chi connectivity index (χ2v) is 7.16. The number of halogens is 2. The lowest BCUT2D eigenvalue weighted by Crippen LogP contribution is -2.32. The largest absolute Gasteiger partial charge is 0.456 e. The molecule has 1 heterocycles. The van der Waals surface area contributed by atoms with Gasteiger partial charge in [-0.2, -0.15) is 0 Å². The normalized spacial score (nSPS) is 12.7. The maximum atomic E-state index is 12.2. The third-order valence-corrected chi connectivity index (χ3v) is 5.22. The molecular weight excluding hydrogens is 452 g/mol. The first-order valence-corrected chi connectivity index (χ1v) is 9.39. The Labute approximate surface area is 173 Å². The molecule has 0 spiro atoms. The number of hydrogen-bond donors (Lipinski definition) is 1. The van der Waals surface area contributed by atoms with E-state index in [1.165, 1.54) is 0 Å². The molecule has 0 radical (unpaired) electrons. The van der Waals surface area contributed by atoms with Crippen LogP contribution in [0, 0.1) is 0 Å². The Morgan fingerprint density at radius 1 is 1.07 bits per heavy atom. The summed E-state index contributed by atoms with van der Waals surface area (Å²) in [7, 11) is 0. The van der Waals surface area contributed by atoms with E-state index in [0.29, 0.717) is 26.3 Å². The van der Waals surface area contributed by atoms with Crippen LogP contribution in [0.5, 0.6) is 0 Å². The molecule has 7 nitrogen and oxygen atoms in total. The van der Waals surface area contributed by atoms with Crippen molar-refractivity contribution >= 4 is 56.9 Å². The molecule has 3 rings (SSSR count). The summed E-state index contributed by atoms with van der Waals surface area (Å²) in [6.07, 6.45) is -0.205. The predicted octanol–water partition coefficient (Wildman–Crippen LogP) is 3.27. The van der Waals surface area contributed by atoms with E-state index in [4.69, 9.17) is 16.3 Å². The third-order valence-electron chi connectivity index (χ3n) is 3.99. The fourth-order valence-corrected chi connectivity index (χ4v) is 3.06. The molecule has 28 heavy (non-hydrogen) atoms. The third kappa shape index (κ3) is 4.40. The van der Waals surface area contributed by atoms with Crippen LogP contribution in [0.4, 0.5) is 5.69 Å². The van der Waals surface area contributed by atoms with Crippen LogP contribution in [-0.2, 0) is 14.3 Å². The van der Waals surface area contributed by atoms with Gasteiger partial charge in [-0.3, -0.25) is 24.1 Å². The number of benzene rings is 2. The van der Waals surface area contributed by atoms with Crippen molar-refractivity contribution < 1.29 is 23.9 Å². The molecule has 0 fully saturated rings. The Morgan fingerprint density at radius 2 is 1.71 bits per heavy atom. The number of nitrogens with one attached hydrogen (secondary N) is 1. The summed E-state index contributed by atoms with van der Waals surface area (Å²) in [5.74, 6) is -2.12. The van der Waals surface area contributed by atoms with E-state index >= 15 is 0 Å². The molecule has 2 aromatic rings. The Balaban J connectivity index is 1.46. The van der Waals surface area contributed by atoms with E-state index in [9.17, 15) is 19.2 Å². The average molecular weight is 466 g/mol. The van der Waals surface area contributed by atoms with Gasteiger partial charge < -0.3 is 10.1 Å². The highest BCUT2D eigenvalue weighted by Crippen LogP contribution is 2.25. The van der Waals surface area contributed by atoms with Gasteiger partial charge in [0.2, 0.25) is 0 Å². The summed E-state index contributed by atoms with van der Waals surface area (Å²) >= 11 is 9.18. The first kappa shape index (κ1) is 20.0. The molecule has 0 aromatic heterocycles. The zero-order valence-corrected chi connectivity index (χ0v) is 16.7. The van der Waals surface area contributed by atoms with Gasteiger partial charge in [0.05, 0.1) is 22.6 Å². The van der Waals surface area contributed by atoms with Crippen molar-refractivity contribution in [1.82, 2.24) is 4.90 Å². The highest BCUT2D eigenvalue weighted by molar-refractivity contribution is 9.10. The predicted molar refractivity (Wildman–Crippen MR) is 105 cm³/mol. The van der Waals surface area contributed by atoms with Crippen molar-refractivity contribution in [1.29, 1.82) is 0 Å². The van der Waals surface area contributed by atoms with Crippen molar-refractivity contribution in [3.8, 4) is 0 Å². The van der Waals surface area contributed by atoms with Crippen LogP contribution >= 0.6 is 27.5 Å². The smallest absolute Gasteiger partial charge is 0.308 e. The highest BCUT2D eigenvalue weighted by Gasteiger charge is 2.35. The lowest BCUT2D eigenvalue weighted by Gasteiger charge is -2.13. The zero-order chi connectivity index (χ0) is 20.3. The van der Waals surface area contributed by atoms with Crippen LogP contribution < -0.4 is 5.32 Å². The number of anilines is 1. The second kappa shape index (κ2) is 8.53. The maximum Gasteiger partial charge on any atom is 0.308 e. The molecule has 2 aromatic carbocycles. The maximum absolute atomic E-state index is 12.2. The van der Waals surface area contributed by atoms with Gasteiger partial charge in [-0.25, -0.2) is 0 Å². The van der Waals surface area contributed by atoms with E-state index in [1.54, 1.807) is 42.5 Å². The van der Waals surface area contributed by atoms with E-state index in [-0.39, 0.29) is 13.0 Å². The van der Waals surface area contributed by atoms with Crippen LogP contribution in [-0.4, -0.2) is 41.7 Å². The van der Waals surface area contributed by atoms with E-state index in [2.05, 4.69) is 21.2 Å². The van der Waals surface area contributed by atoms with Crippen molar-refractivity contribution in [3.05, 3.63) is 63.1 Å². The molecular formula is C19H14BrClN2O5. The summed E-state index contributed by atoms with van der Waals surface area (Å²) in [4.78, 5) is 49.2. The second-order valence-electron chi connectivity index (χ2n) is 5.90. The lowest BCUT2D eigenvalue weighted by atomic mass is 10.1. The van der Waals surface area contributed by atoms with E-state index in [1.807, 2.05) is 0 Å². The molecule has 0 saturated heterocycles. The fourth-order valence-electron chi connectivity index (χ4n) is 2.63. The number of nitrogens with zero attached hydrogens (tertiary/aromatic N) is 1. The highest BCUT2D eigenvalue weighted by atomic mass is 79.9. The average Bonchev–Trinajstić information content (AvgIpc) is 2.92. The van der Waals surface area contributed by atoms with Crippen LogP contribution in [0.1, 0.15) is 27.1 Å². The van der Waals surface area contributed by atoms with Crippen LogP contribution in [0.25, 0.3) is 0 Å². The number of ether oxygens (including phenoxy) is 1. The van der Waals surface area contributed by atoms with Gasteiger partial charge in [-0.1, -0.05) is 23.7 Å². The number of imide groups is 1. The van der Waals surface area contributed by atoms with Gasteiger partial charge in [0.1, 0.15) is 0 Å². The molecule has 0 aliphatic carbocycles. The summed E-state index contributed by atoms with van der Waals surface area (Å²) in [6.45, 7) is -0.607. The number of fused-ring (bicyclic) bond motifs is 1. The zero-order valence-electron chi connectivity index (χ0n) is 14.4. The van der Waals surface area contributed by atoms with Gasteiger partial charge in [0.25, 0.3) is 17.7 Å². The molecule has 0 saturated carbocycles. The van der Waals surface area contributed by atoms with Crippen molar-refractivity contribution in [2.75, 3.05) is 18.5 Å². The minimum Gasteiger partial charge on any atom is -0.456 e. The van der Waals surface area contributed by atoms with E-state index in [0.717, 1.165) is 4.90 Å². The summed E-state index contributed by atoms with van der Waals surface area (Å²) < 4.78 is 5.58. The quantitative estimate of drug-likeness (QED) is 0.522. The Morgan fingerprint density at radius 3 is 2.32 bits per heavy atom. The number of carbonyl (C=O) groups is 4. The molecule has 144 valence electrons. The number of rotatable bonds is 6. The monoisotopic (exact) mass is 464 g/mol. The SMILES string of the molecule is O=C(COC(=O)CCN1C(=O)c2ccccc2C1=O)Nc1ccc(Br)c(Cl)c1. The number of esters is 1. The fraction of sp³-hybridized carbons (Fsp3) is 0.158. The number of carbonyl (C=O) groups excluding carboxylic acids is 4. The first-order valence-electron chi connectivity index (χ1n) is 8.22.